The summed E-state index contributed by atoms with van der Waals surface area (Å²) in [5, 5.41) is 9.09. The SMILES string of the molecule is O=C(CCCc1nc(-c2cccs2)no1)Nc1cc2c(cc1Cl)OCO2. The highest BCUT2D eigenvalue weighted by Gasteiger charge is 2.18. The van der Waals surface area contributed by atoms with Crippen molar-refractivity contribution >= 4 is 34.5 Å². The van der Waals surface area contributed by atoms with E-state index >= 15 is 0 Å². The number of rotatable bonds is 6. The quantitative estimate of drug-likeness (QED) is 0.679. The number of nitrogens with zero attached hydrogens (tertiary/aromatic N) is 2. The highest BCUT2D eigenvalue weighted by atomic mass is 35.5. The molecule has 0 spiro atoms. The molecule has 0 radical (unpaired) electrons. The van der Waals surface area contributed by atoms with E-state index in [-0.39, 0.29) is 12.7 Å². The number of carbonyl (C=O) groups excluding carboxylic acids is 1. The molecule has 0 fully saturated rings. The maximum Gasteiger partial charge on any atom is 0.231 e. The minimum absolute atomic E-state index is 0.149. The number of halogens is 1. The van der Waals surface area contributed by atoms with Crippen LogP contribution in [0, 0.1) is 0 Å². The molecule has 0 bridgehead atoms. The predicted octanol–water partition coefficient (Wildman–Crippen LogP) is 4.14. The fourth-order valence-electron chi connectivity index (χ4n) is 2.49. The van der Waals surface area contributed by atoms with E-state index in [0.717, 1.165) is 4.88 Å². The maximum atomic E-state index is 12.1. The van der Waals surface area contributed by atoms with Crippen LogP contribution in [0.15, 0.2) is 34.2 Å². The summed E-state index contributed by atoms with van der Waals surface area (Å²) in [6.07, 6.45) is 1.42. The first-order chi connectivity index (χ1) is 12.7. The third-order valence-electron chi connectivity index (χ3n) is 3.74. The summed E-state index contributed by atoms with van der Waals surface area (Å²) in [5.74, 6) is 2.08. The van der Waals surface area contributed by atoms with Crippen molar-refractivity contribution in [1.29, 1.82) is 0 Å². The van der Waals surface area contributed by atoms with Crippen LogP contribution >= 0.6 is 22.9 Å². The Morgan fingerprint density at radius 2 is 2.15 bits per heavy atom. The second-order valence-corrected chi connectivity index (χ2v) is 6.93. The Hall–Kier alpha value is -2.58. The Morgan fingerprint density at radius 1 is 1.31 bits per heavy atom. The summed E-state index contributed by atoms with van der Waals surface area (Å²) in [5.41, 5.74) is 0.499. The number of nitrogens with one attached hydrogen (secondary N) is 1. The summed E-state index contributed by atoms with van der Waals surface area (Å²) in [4.78, 5) is 17.4. The molecule has 3 heterocycles. The number of hydrogen-bond acceptors (Lipinski definition) is 7. The molecule has 0 unspecified atom stereocenters. The molecule has 4 rings (SSSR count). The van der Waals surface area contributed by atoms with Gasteiger partial charge in [-0.1, -0.05) is 22.8 Å². The van der Waals surface area contributed by atoms with E-state index in [1.54, 1.807) is 23.5 Å². The zero-order chi connectivity index (χ0) is 17.9. The standard InChI is InChI=1S/C17H14ClN3O4S/c18-10-7-12-13(24-9-23-12)8-11(10)19-15(22)4-1-5-16-20-17(21-25-16)14-3-2-6-26-14/h2-3,6-8H,1,4-5,9H2,(H,19,22). The molecule has 2 aromatic heterocycles. The fraction of sp³-hybridized carbons (Fsp3) is 0.235. The molecule has 1 N–H and O–H groups in total. The fourth-order valence-corrected chi connectivity index (χ4v) is 3.34. The van der Waals surface area contributed by atoms with E-state index in [9.17, 15) is 4.79 Å². The molecule has 3 aromatic rings. The van der Waals surface area contributed by atoms with Crippen LogP contribution in [0.3, 0.4) is 0 Å². The number of aromatic nitrogens is 2. The molecular formula is C17H14ClN3O4S. The smallest absolute Gasteiger partial charge is 0.231 e. The summed E-state index contributed by atoms with van der Waals surface area (Å²) in [6, 6.07) is 7.15. The van der Waals surface area contributed by atoms with Crippen LogP contribution in [0.1, 0.15) is 18.7 Å². The Morgan fingerprint density at radius 3 is 2.96 bits per heavy atom. The number of amides is 1. The lowest BCUT2D eigenvalue weighted by atomic mass is 10.2. The lowest BCUT2D eigenvalue weighted by Crippen LogP contribution is -2.12. The lowest BCUT2D eigenvalue weighted by Gasteiger charge is -2.08. The number of anilines is 1. The summed E-state index contributed by atoms with van der Waals surface area (Å²) in [6.45, 7) is 0.153. The van der Waals surface area contributed by atoms with Gasteiger partial charge in [0.2, 0.25) is 24.4 Å². The largest absolute Gasteiger partial charge is 0.454 e. The number of hydrogen-bond donors (Lipinski definition) is 1. The van der Waals surface area contributed by atoms with Gasteiger partial charge in [0.1, 0.15) is 0 Å². The molecule has 1 aromatic carbocycles. The van der Waals surface area contributed by atoms with Gasteiger partial charge in [0, 0.05) is 25.0 Å². The zero-order valence-corrected chi connectivity index (χ0v) is 15.1. The van der Waals surface area contributed by atoms with Crippen LogP contribution < -0.4 is 14.8 Å². The molecule has 134 valence electrons. The number of aryl methyl sites for hydroxylation is 1. The topological polar surface area (TPSA) is 86.5 Å². The highest BCUT2D eigenvalue weighted by Crippen LogP contribution is 2.39. The lowest BCUT2D eigenvalue weighted by molar-refractivity contribution is -0.116. The van der Waals surface area contributed by atoms with Crippen LogP contribution in [0.5, 0.6) is 11.5 Å². The summed E-state index contributed by atoms with van der Waals surface area (Å²) < 4.78 is 15.7. The van der Waals surface area contributed by atoms with E-state index in [2.05, 4.69) is 15.5 Å². The van der Waals surface area contributed by atoms with Gasteiger partial charge in [-0.05, 0) is 17.9 Å². The summed E-state index contributed by atoms with van der Waals surface area (Å²) >= 11 is 7.70. The van der Waals surface area contributed by atoms with E-state index in [0.29, 0.717) is 53.2 Å². The monoisotopic (exact) mass is 391 g/mol. The van der Waals surface area contributed by atoms with Crippen molar-refractivity contribution in [2.75, 3.05) is 12.1 Å². The van der Waals surface area contributed by atoms with Gasteiger partial charge in [-0.25, -0.2) is 0 Å². The Labute approximate surface area is 157 Å². The van der Waals surface area contributed by atoms with Crippen molar-refractivity contribution in [1.82, 2.24) is 10.1 Å². The molecule has 1 amide bonds. The average molecular weight is 392 g/mol. The normalized spacial score (nSPS) is 12.3. The molecule has 0 aliphatic carbocycles. The van der Waals surface area contributed by atoms with E-state index in [4.69, 9.17) is 25.6 Å². The van der Waals surface area contributed by atoms with E-state index in [1.165, 1.54) is 0 Å². The van der Waals surface area contributed by atoms with Gasteiger partial charge in [0.25, 0.3) is 0 Å². The number of ether oxygens (including phenoxy) is 2. The van der Waals surface area contributed by atoms with Crippen LogP contribution in [0.4, 0.5) is 5.69 Å². The molecular weight excluding hydrogens is 378 g/mol. The first-order valence-corrected chi connectivity index (χ1v) is 9.20. The minimum atomic E-state index is -0.149. The molecule has 0 saturated carbocycles. The van der Waals surface area contributed by atoms with E-state index < -0.39 is 0 Å². The van der Waals surface area contributed by atoms with Crippen LogP contribution in [-0.2, 0) is 11.2 Å². The zero-order valence-electron chi connectivity index (χ0n) is 13.5. The summed E-state index contributed by atoms with van der Waals surface area (Å²) in [7, 11) is 0. The van der Waals surface area contributed by atoms with Gasteiger partial charge in [0.05, 0.1) is 15.6 Å². The minimum Gasteiger partial charge on any atom is -0.454 e. The van der Waals surface area contributed by atoms with Crippen molar-refractivity contribution < 1.29 is 18.8 Å². The van der Waals surface area contributed by atoms with Gasteiger partial charge < -0.3 is 19.3 Å². The maximum absolute atomic E-state index is 12.1. The van der Waals surface area contributed by atoms with E-state index in [1.807, 2.05) is 17.5 Å². The van der Waals surface area contributed by atoms with Crippen LogP contribution in [0.25, 0.3) is 10.7 Å². The van der Waals surface area contributed by atoms with Crippen LogP contribution in [-0.4, -0.2) is 22.8 Å². The molecule has 7 nitrogen and oxygen atoms in total. The molecule has 1 aliphatic rings. The number of fused-ring (bicyclic) bond motifs is 1. The van der Waals surface area contributed by atoms with Gasteiger partial charge >= 0.3 is 0 Å². The first kappa shape index (κ1) is 16.9. The third kappa shape index (κ3) is 3.66. The number of benzene rings is 1. The Bertz CT molecular complexity index is 926. The highest BCUT2D eigenvalue weighted by molar-refractivity contribution is 7.13. The van der Waals surface area contributed by atoms with Gasteiger partial charge in [-0.3, -0.25) is 4.79 Å². The van der Waals surface area contributed by atoms with Gasteiger partial charge in [-0.2, -0.15) is 4.98 Å². The van der Waals surface area contributed by atoms with Crippen LogP contribution in [0.2, 0.25) is 5.02 Å². The molecule has 0 saturated heterocycles. The van der Waals surface area contributed by atoms with Crippen molar-refractivity contribution in [3.05, 3.63) is 40.6 Å². The molecule has 1 aliphatic heterocycles. The molecule has 0 atom stereocenters. The van der Waals surface area contributed by atoms with Gasteiger partial charge in [-0.15, -0.1) is 11.3 Å². The van der Waals surface area contributed by atoms with Crippen molar-refractivity contribution in [2.45, 2.75) is 19.3 Å². The van der Waals surface area contributed by atoms with Crippen molar-refractivity contribution in [2.24, 2.45) is 0 Å². The molecule has 9 heteroatoms. The Kier molecular flexibility index (Phi) is 4.77. The predicted molar refractivity (Wildman–Crippen MR) is 96.8 cm³/mol. The molecule has 26 heavy (non-hydrogen) atoms. The van der Waals surface area contributed by atoms with Crippen molar-refractivity contribution in [3.63, 3.8) is 0 Å². The average Bonchev–Trinajstić information content (AvgIpc) is 3.36. The van der Waals surface area contributed by atoms with Crippen molar-refractivity contribution in [3.8, 4) is 22.2 Å². The Balaban J connectivity index is 1.29. The van der Waals surface area contributed by atoms with Gasteiger partial charge in [0.15, 0.2) is 11.5 Å². The number of carbonyl (C=O) groups is 1. The number of thiophene rings is 1. The first-order valence-electron chi connectivity index (χ1n) is 7.94. The second kappa shape index (κ2) is 7.35. The second-order valence-electron chi connectivity index (χ2n) is 5.58. The third-order valence-corrected chi connectivity index (χ3v) is 4.92.